The van der Waals surface area contributed by atoms with Gasteiger partial charge in [-0.3, -0.25) is 19.2 Å². The lowest BCUT2D eigenvalue weighted by Gasteiger charge is -2.23. The number of aryl methyl sites for hydroxylation is 2. The van der Waals surface area contributed by atoms with Crippen molar-refractivity contribution in [1.29, 1.82) is 0 Å². The molecule has 2 aliphatic heterocycles. The van der Waals surface area contributed by atoms with Gasteiger partial charge in [0, 0.05) is 45.9 Å². The highest BCUT2D eigenvalue weighted by Crippen LogP contribution is 2.49. The zero-order chi connectivity index (χ0) is 48.2. The molecule has 2 aromatic rings. The molecule has 4 aliphatic rings. The molecule has 66 heavy (non-hydrogen) atoms. The fourth-order valence-electron chi connectivity index (χ4n) is 8.47. The quantitative estimate of drug-likeness (QED) is 0.0861. The highest BCUT2D eigenvalue weighted by Gasteiger charge is 2.41. The van der Waals surface area contributed by atoms with Gasteiger partial charge in [-0.2, -0.15) is 0 Å². The third-order valence-electron chi connectivity index (χ3n) is 13.1. The van der Waals surface area contributed by atoms with Crippen LogP contribution in [0.4, 0.5) is 0 Å². The summed E-state index contributed by atoms with van der Waals surface area (Å²) in [5.41, 5.74) is 8.68. The Labute approximate surface area is 392 Å². The number of rotatable bonds is 17. The standard InChI is InChI=1S/C56H70O10/c1-35-29-39(15-13-21-55(35,9)10)47-41-31-37(33-43(53(3,4)5)49(41)65-51(47)59)17-19-45(57)63-27-25-61-23-24-62-26-28-64-46(58)20-18-38-32-42-48(40-16-14-22-56(11,12)36(2)30-40)52(60)66-50(42)44(34-38)54(6,7)8/h13-16,21-22,29-34,47-48H,17-20,23-28H2,1-12H3. The van der Waals surface area contributed by atoms with Gasteiger partial charge in [0.05, 0.1) is 26.4 Å². The van der Waals surface area contributed by atoms with Crippen molar-refractivity contribution in [3.05, 3.63) is 129 Å². The molecule has 2 atom stereocenters. The van der Waals surface area contributed by atoms with Crippen molar-refractivity contribution in [2.75, 3.05) is 39.6 Å². The Morgan fingerprint density at radius 3 is 1.30 bits per heavy atom. The first kappa shape index (κ1) is 50.1. The molecule has 2 aliphatic carbocycles. The predicted molar refractivity (Wildman–Crippen MR) is 257 cm³/mol. The normalized spacial score (nSPS) is 19.6. The zero-order valence-corrected chi connectivity index (χ0v) is 41.2. The largest absolute Gasteiger partial charge is 0.463 e. The summed E-state index contributed by atoms with van der Waals surface area (Å²) in [5.74, 6) is -1.11. The maximum atomic E-state index is 13.4. The molecule has 0 saturated carbocycles. The molecule has 0 spiro atoms. The van der Waals surface area contributed by atoms with Crippen LogP contribution in [0, 0.1) is 10.8 Å². The Morgan fingerprint density at radius 1 is 0.576 bits per heavy atom. The second-order valence-electron chi connectivity index (χ2n) is 21.1. The minimum Gasteiger partial charge on any atom is -0.463 e. The molecule has 0 amide bonds. The van der Waals surface area contributed by atoms with Crippen LogP contribution in [-0.4, -0.2) is 63.5 Å². The van der Waals surface area contributed by atoms with Crippen molar-refractivity contribution in [3.63, 3.8) is 0 Å². The molecule has 354 valence electrons. The van der Waals surface area contributed by atoms with E-state index < -0.39 is 11.8 Å². The van der Waals surface area contributed by atoms with Gasteiger partial charge in [0.25, 0.3) is 0 Å². The van der Waals surface area contributed by atoms with Crippen molar-refractivity contribution >= 4 is 23.9 Å². The molecule has 6 rings (SSSR count). The zero-order valence-electron chi connectivity index (χ0n) is 41.2. The third kappa shape index (κ3) is 12.0. The molecule has 0 bridgehead atoms. The van der Waals surface area contributed by atoms with E-state index in [2.05, 4.69) is 107 Å². The highest BCUT2D eigenvalue weighted by atomic mass is 16.6. The molecule has 10 nitrogen and oxygen atoms in total. The average Bonchev–Trinajstić information content (AvgIpc) is 3.65. The summed E-state index contributed by atoms with van der Waals surface area (Å²) >= 11 is 0. The van der Waals surface area contributed by atoms with Gasteiger partial charge in [-0.25, -0.2) is 0 Å². The molecule has 2 heterocycles. The molecular weight excluding hydrogens is 833 g/mol. The Morgan fingerprint density at radius 2 is 0.939 bits per heavy atom. The maximum absolute atomic E-state index is 13.4. The number of allylic oxidation sites excluding steroid dienone is 10. The number of carbonyl (C=O) groups is 4. The first-order valence-corrected chi connectivity index (χ1v) is 23.4. The first-order chi connectivity index (χ1) is 31.0. The van der Waals surface area contributed by atoms with Crippen LogP contribution in [0.25, 0.3) is 0 Å². The van der Waals surface area contributed by atoms with Crippen LogP contribution >= 0.6 is 0 Å². The van der Waals surface area contributed by atoms with Gasteiger partial charge in [0.2, 0.25) is 0 Å². The van der Waals surface area contributed by atoms with Gasteiger partial charge in [-0.1, -0.05) is 153 Å². The fourth-order valence-corrected chi connectivity index (χ4v) is 8.47. The molecule has 2 unspecified atom stereocenters. The second kappa shape index (κ2) is 20.3. The summed E-state index contributed by atoms with van der Waals surface area (Å²) in [7, 11) is 0. The van der Waals surface area contributed by atoms with E-state index >= 15 is 0 Å². The van der Waals surface area contributed by atoms with Crippen molar-refractivity contribution in [1.82, 2.24) is 0 Å². The maximum Gasteiger partial charge on any atom is 0.323 e. The van der Waals surface area contributed by atoms with Crippen molar-refractivity contribution in [2.45, 2.75) is 131 Å². The Balaban J connectivity index is 0.903. The number of ether oxygens (including phenoxy) is 6. The van der Waals surface area contributed by atoms with Crippen LogP contribution < -0.4 is 9.47 Å². The topological polar surface area (TPSA) is 124 Å². The number of esters is 4. The van der Waals surface area contributed by atoms with E-state index in [1.165, 1.54) is 0 Å². The lowest BCUT2D eigenvalue weighted by Crippen LogP contribution is -2.16. The van der Waals surface area contributed by atoms with Crippen LogP contribution in [0.15, 0.2) is 95.2 Å². The van der Waals surface area contributed by atoms with E-state index in [9.17, 15) is 19.2 Å². The van der Waals surface area contributed by atoms with Crippen LogP contribution in [0.3, 0.4) is 0 Å². The van der Waals surface area contributed by atoms with Gasteiger partial charge in [0.1, 0.15) is 36.5 Å². The summed E-state index contributed by atoms with van der Waals surface area (Å²) in [6, 6.07) is 8.09. The smallest absolute Gasteiger partial charge is 0.323 e. The van der Waals surface area contributed by atoms with E-state index in [-0.39, 0.29) is 84.8 Å². The number of fused-ring (bicyclic) bond motifs is 2. The van der Waals surface area contributed by atoms with E-state index in [4.69, 9.17) is 28.4 Å². The van der Waals surface area contributed by atoms with Gasteiger partial charge >= 0.3 is 23.9 Å². The van der Waals surface area contributed by atoms with Gasteiger partial charge < -0.3 is 28.4 Å². The van der Waals surface area contributed by atoms with E-state index in [0.717, 1.165) is 55.7 Å². The van der Waals surface area contributed by atoms with Gasteiger partial charge in [-0.15, -0.1) is 0 Å². The summed E-state index contributed by atoms with van der Waals surface area (Å²) < 4.78 is 34.0. The Hall–Kier alpha value is -5.32. The summed E-state index contributed by atoms with van der Waals surface area (Å²) in [5, 5.41) is 0. The predicted octanol–water partition coefficient (Wildman–Crippen LogP) is 10.9. The summed E-state index contributed by atoms with van der Waals surface area (Å²) in [4.78, 5) is 52.3. The van der Waals surface area contributed by atoms with Crippen LogP contribution in [-0.2, 0) is 61.8 Å². The summed E-state index contributed by atoms with van der Waals surface area (Å²) in [6.07, 6.45) is 17.8. The Kier molecular flexibility index (Phi) is 15.4. The van der Waals surface area contributed by atoms with Crippen LogP contribution in [0.1, 0.15) is 141 Å². The first-order valence-electron chi connectivity index (χ1n) is 23.4. The molecule has 0 aromatic heterocycles. The number of hydrogen-bond acceptors (Lipinski definition) is 10. The molecular formula is C56H70O10. The average molecular weight is 903 g/mol. The van der Waals surface area contributed by atoms with Crippen LogP contribution in [0.5, 0.6) is 11.5 Å². The lowest BCUT2D eigenvalue weighted by atomic mass is 9.80. The third-order valence-corrected chi connectivity index (χ3v) is 13.1. The Bertz CT molecular complexity index is 2230. The van der Waals surface area contributed by atoms with Crippen LogP contribution in [0.2, 0.25) is 0 Å². The number of hydrogen-bond donors (Lipinski definition) is 0. The fraction of sp³-hybridized carbons (Fsp3) is 0.500. The summed E-state index contributed by atoms with van der Waals surface area (Å²) in [6.45, 7) is 26.6. The number of benzene rings is 2. The monoisotopic (exact) mass is 902 g/mol. The molecule has 0 saturated heterocycles. The molecule has 0 radical (unpaired) electrons. The van der Waals surface area contributed by atoms with Crippen molar-refractivity contribution in [2.24, 2.45) is 10.8 Å². The van der Waals surface area contributed by atoms with Crippen molar-refractivity contribution < 1.29 is 47.6 Å². The molecule has 0 fully saturated rings. The molecule has 2 aromatic carbocycles. The van der Waals surface area contributed by atoms with E-state index in [1.807, 2.05) is 48.6 Å². The van der Waals surface area contributed by atoms with Crippen molar-refractivity contribution in [3.8, 4) is 11.5 Å². The minimum atomic E-state index is -0.546. The lowest BCUT2D eigenvalue weighted by molar-refractivity contribution is -0.146. The van der Waals surface area contributed by atoms with E-state index in [1.54, 1.807) is 0 Å². The van der Waals surface area contributed by atoms with Gasteiger partial charge in [0.15, 0.2) is 0 Å². The molecule has 0 N–H and O–H groups in total. The van der Waals surface area contributed by atoms with E-state index in [0.29, 0.717) is 37.6 Å². The number of carbonyl (C=O) groups excluding carboxylic acids is 4. The second-order valence-corrected chi connectivity index (χ2v) is 21.1. The van der Waals surface area contributed by atoms with Gasteiger partial charge in [-0.05, 0) is 59.8 Å². The highest BCUT2D eigenvalue weighted by molar-refractivity contribution is 5.92. The minimum absolute atomic E-state index is 0.109. The SMILES string of the molecule is CC1=CC(C2C(=O)Oc3c2cc(CCC(=O)OCCOCCOCCOC(=O)CCc2cc4c(c(C(C)(C)C)c2)OC(=O)C4C2=CC=CC(C)(C)C(C)=C2)cc3C(C)(C)C)=CC=CC1(C)C. The molecule has 10 heteroatoms.